The smallest absolute Gasteiger partial charge is 0.326 e. The SMILES string of the molecule is COC(=O)C1(NCCCN=[N+]=[N-])CC(C)CC(C)C1. The second-order valence-electron chi connectivity index (χ2n) is 5.66. The molecule has 0 bridgehead atoms. The molecule has 0 heterocycles. The van der Waals surface area contributed by atoms with E-state index in [0.717, 1.165) is 25.7 Å². The Morgan fingerprint density at radius 3 is 2.63 bits per heavy atom. The van der Waals surface area contributed by atoms with E-state index in [4.69, 9.17) is 10.3 Å². The Balaban J connectivity index is 2.65. The molecule has 0 amide bonds. The van der Waals surface area contributed by atoms with Gasteiger partial charge in [-0.1, -0.05) is 19.0 Å². The van der Waals surface area contributed by atoms with Crippen LogP contribution < -0.4 is 5.32 Å². The first kappa shape index (κ1) is 15.8. The van der Waals surface area contributed by atoms with E-state index in [-0.39, 0.29) is 5.97 Å². The number of rotatable bonds is 6. The number of hydrogen-bond acceptors (Lipinski definition) is 4. The lowest BCUT2D eigenvalue weighted by Gasteiger charge is -2.41. The average Bonchev–Trinajstić information content (AvgIpc) is 2.36. The van der Waals surface area contributed by atoms with Crippen LogP contribution in [0.2, 0.25) is 0 Å². The lowest BCUT2D eigenvalue weighted by molar-refractivity contribution is -0.151. The second-order valence-corrected chi connectivity index (χ2v) is 5.66. The number of nitrogens with zero attached hydrogens (tertiary/aromatic N) is 3. The van der Waals surface area contributed by atoms with Crippen molar-refractivity contribution in [1.29, 1.82) is 0 Å². The number of azide groups is 1. The predicted octanol–water partition coefficient (Wildman–Crippen LogP) is 2.64. The first-order valence-corrected chi connectivity index (χ1v) is 6.88. The minimum Gasteiger partial charge on any atom is -0.468 e. The Labute approximate surface area is 114 Å². The maximum atomic E-state index is 12.1. The van der Waals surface area contributed by atoms with E-state index in [9.17, 15) is 4.79 Å². The van der Waals surface area contributed by atoms with Gasteiger partial charge in [0.2, 0.25) is 0 Å². The van der Waals surface area contributed by atoms with Gasteiger partial charge in [-0.05, 0) is 49.6 Å². The Kier molecular flexibility index (Phi) is 6.12. The zero-order valence-electron chi connectivity index (χ0n) is 12.1. The molecule has 1 N–H and O–H groups in total. The summed E-state index contributed by atoms with van der Waals surface area (Å²) >= 11 is 0. The highest BCUT2D eigenvalue weighted by Gasteiger charge is 2.44. The van der Waals surface area contributed by atoms with Gasteiger partial charge >= 0.3 is 5.97 Å². The normalized spacial score (nSPS) is 30.5. The van der Waals surface area contributed by atoms with E-state index >= 15 is 0 Å². The van der Waals surface area contributed by atoms with Gasteiger partial charge in [0.15, 0.2) is 0 Å². The third kappa shape index (κ3) is 4.40. The van der Waals surface area contributed by atoms with Gasteiger partial charge in [-0.25, -0.2) is 0 Å². The van der Waals surface area contributed by atoms with Gasteiger partial charge in [-0.15, -0.1) is 0 Å². The van der Waals surface area contributed by atoms with E-state index in [0.29, 0.717) is 24.9 Å². The van der Waals surface area contributed by atoms with Crippen LogP contribution >= 0.6 is 0 Å². The van der Waals surface area contributed by atoms with Crippen LogP contribution in [0.1, 0.15) is 39.5 Å². The molecule has 1 saturated carbocycles. The van der Waals surface area contributed by atoms with Crippen molar-refractivity contribution in [2.24, 2.45) is 17.0 Å². The van der Waals surface area contributed by atoms with E-state index in [1.807, 2.05) is 0 Å². The molecule has 0 aliphatic heterocycles. The molecule has 0 saturated heterocycles. The fourth-order valence-electron chi connectivity index (χ4n) is 3.23. The number of carbonyl (C=O) groups excluding carboxylic acids is 1. The summed E-state index contributed by atoms with van der Waals surface area (Å²) in [4.78, 5) is 14.9. The Bertz CT molecular complexity index is 343. The Morgan fingerprint density at radius 2 is 2.11 bits per heavy atom. The van der Waals surface area contributed by atoms with Gasteiger partial charge in [0.05, 0.1) is 7.11 Å². The van der Waals surface area contributed by atoms with E-state index in [1.54, 1.807) is 0 Å². The highest BCUT2D eigenvalue weighted by atomic mass is 16.5. The van der Waals surface area contributed by atoms with Crippen LogP contribution in [0.25, 0.3) is 10.4 Å². The molecular weight excluding hydrogens is 244 g/mol. The van der Waals surface area contributed by atoms with Gasteiger partial charge in [0, 0.05) is 11.5 Å². The van der Waals surface area contributed by atoms with Crippen LogP contribution in [-0.2, 0) is 9.53 Å². The largest absolute Gasteiger partial charge is 0.468 e. The first-order valence-electron chi connectivity index (χ1n) is 6.88. The molecule has 2 unspecified atom stereocenters. The number of ether oxygens (including phenoxy) is 1. The highest BCUT2D eigenvalue weighted by Crippen LogP contribution is 2.36. The molecule has 0 aromatic carbocycles. The minimum absolute atomic E-state index is 0.172. The molecule has 108 valence electrons. The van der Waals surface area contributed by atoms with Crippen LogP contribution in [0.3, 0.4) is 0 Å². The fourth-order valence-corrected chi connectivity index (χ4v) is 3.23. The number of nitrogens with one attached hydrogen (secondary N) is 1. The van der Waals surface area contributed by atoms with Crippen molar-refractivity contribution in [2.75, 3.05) is 20.2 Å². The molecule has 0 spiro atoms. The van der Waals surface area contributed by atoms with Crippen LogP contribution in [0.5, 0.6) is 0 Å². The van der Waals surface area contributed by atoms with Crippen LogP contribution in [0.15, 0.2) is 5.11 Å². The van der Waals surface area contributed by atoms with Crippen molar-refractivity contribution in [3.8, 4) is 0 Å². The predicted molar refractivity (Wildman–Crippen MR) is 73.6 cm³/mol. The van der Waals surface area contributed by atoms with Crippen molar-refractivity contribution < 1.29 is 9.53 Å². The van der Waals surface area contributed by atoms with Gasteiger partial charge in [-0.2, -0.15) is 0 Å². The molecule has 1 aliphatic rings. The number of esters is 1. The fraction of sp³-hybridized carbons (Fsp3) is 0.923. The molecule has 0 aromatic rings. The molecule has 1 aliphatic carbocycles. The zero-order chi connectivity index (χ0) is 14.3. The van der Waals surface area contributed by atoms with Gasteiger partial charge in [0.25, 0.3) is 0 Å². The lowest BCUT2D eigenvalue weighted by atomic mass is 9.71. The molecule has 6 nitrogen and oxygen atoms in total. The molecule has 2 atom stereocenters. The summed E-state index contributed by atoms with van der Waals surface area (Å²) in [5.74, 6) is 0.842. The molecule has 0 radical (unpaired) electrons. The van der Waals surface area contributed by atoms with Gasteiger partial charge < -0.3 is 10.1 Å². The molecule has 19 heavy (non-hydrogen) atoms. The first-order chi connectivity index (χ1) is 9.04. The van der Waals surface area contributed by atoms with Gasteiger partial charge in [0.1, 0.15) is 5.54 Å². The topological polar surface area (TPSA) is 87.1 Å². The summed E-state index contributed by atoms with van der Waals surface area (Å²) in [5, 5.41) is 6.84. The summed E-state index contributed by atoms with van der Waals surface area (Å²) in [6.45, 7) is 5.46. The van der Waals surface area contributed by atoms with E-state index in [2.05, 4.69) is 29.2 Å². The summed E-state index contributed by atoms with van der Waals surface area (Å²) in [6, 6.07) is 0. The zero-order valence-corrected chi connectivity index (χ0v) is 12.1. The molecule has 0 aromatic heterocycles. The maximum absolute atomic E-state index is 12.1. The third-order valence-corrected chi connectivity index (χ3v) is 3.74. The van der Waals surface area contributed by atoms with Crippen LogP contribution in [-0.4, -0.2) is 31.7 Å². The summed E-state index contributed by atoms with van der Waals surface area (Å²) in [5.41, 5.74) is 7.66. The van der Waals surface area contributed by atoms with Crippen molar-refractivity contribution in [1.82, 2.24) is 5.32 Å². The Hall–Kier alpha value is -1.26. The molecular formula is C13H24N4O2. The molecule has 1 fully saturated rings. The van der Waals surface area contributed by atoms with E-state index < -0.39 is 5.54 Å². The maximum Gasteiger partial charge on any atom is 0.326 e. The van der Waals surface area contributed by atoms with Crippen molar-refractivity contribution in [2.45, 2.75) is 45.1 Å². The van der Waals surface area contributed by atoms with Gasteiger partial charge in [-0.3, -0.25) is 4.79 Å². The van der Waals surface area contributed by atoms with Crippen molar-refractivity contribution >= 4 is 5.97 Å². The lowest BCUT2D eigenvalue weighted by Crippen LogP contribution is -2.57. The van der Waals surface area contributed by atoms with Crippen molar-refractivity contribution in [3.63, 3.8) is 0 Å². The summed E-state index contributed by atoms with van der Waals surface area (Å²) in [6.07, 6.45) is 3.50. The van der Waals surface area contributed by atoms with Crippen molar-refractivity contribution in [3.05, 3.63) is 10.4 Å². The molecule has 6 heteroatoms. The van der Waals surface area contributed by atoms with Crippen LogP contribution in [0.4, 0.5) is 0 Å². The third-order valence-electron chi connectivity index (χ3n) is 3.74. The number of methoxy groups -OCH3 is 1. The van der Waals surface area contributed by atoms with Crippen LogP contribution in [0, 0.1) is 11.8 Å². The second kappa shape index (κ2) is 7.36. The Morgan fingerprint density at radius 1 is 1.47 bits per heavy atom. The monoisotopic (exact) mass is 268 g/mol. The summed E-state index contributed by atoms with van der Waals surface area (Å²) in [7, 11) is 1.44. The quantitative estimate of drug-likeness (QED) is 0.264. The molecule has 1 rings (SSSR count). The van der Waals surface area contributed by atoms with E-state index in [1.165, 1.54) is 7.11 Å². The highest BCUT2D eigenvalue weighted by molar-refractivity contribution is 5.81. The average molecular weight is 268 g/mol. The summed E-state index contributed by atoms with van der Waals surface area (Å²) < 4.78 is 4.98. The standard InChI is InChI=1S/C13H24N4O2/c1-10-7-11(2)9-13(8-10,12(18)19-3)15-5-4-6-16-17-14/h10-11,15H,4-9H2,1-3H3. The minimum atomic E-state index is -0.567. The number of carbonyl (C=O) groups is 1. The number of hydrogen-bond donors (Lipinski definition) is 1.